The number of para-hydroxylation sites is 2. The Morgan fingerprint density at radius 1 is 0.917 bits per heavy atom. The zero-order valence-corrected chi connectivity index (χ0v) is 21.4. The minimum atomic E-state index is -3.99. The molecule has 3 aromatic carbocycles. The third kappa shape index (κ3) is 4.13. The van der Waals surface area contributed by atoms with Crippen molar-refractivity contribution in [2.24, 2.45) is 5.10 Å². The molecule has 0 spiro atoms. The molecule has 182 valence electrons. The Morgan fingerprint density at radius 3 is 2.22 bits per heavy atom. The van der Waals surface area contributed by atoms with Crippen LogP contribution in [0.15, 0.2) is 87.7 Å². The molecule has 2 N–H and O–H groups in total. The number of nitrogens with zero attached hydrogens (tertiary/aromatic N) is 4. The van der Waals surface area contributed by atoms with E-state index in [9.17, 15) is 8.42 Å². The first kappa shape index (κ1) is 23.7. The number of fused-ring (bicyclic) bond motifs is 2. The minimum Gasteiger partial charge on any atom is -0.382 e. The van der Waals surface area contributed by atoms with E-state index in [4.69, 9.17) is 5.73 Å². The monoisotopic (exact) mass is 497 g/mol. The molecule has 0 aliphatic heterocycles. The number of anilines is 1. The van der Waals surface area contributed by atoms with Gasteiger partial charge in [-0.05, 0) is 53.3 Å². The molecule has 0 aliphatic carbocycles. The molecule has 0 aliphatic rings. The molecular formula is C28H27N5O2S. The summed E-state index contributed by atoms with van der Waals surface area (Å²) in [6.45, 7) is 8.31. The first-order chi connectivity index (χ1) is 17.1. The number of aryl methyl sites for hydroxylation is 1. The van der Waals surface area contributed by atoms with E-state index in [0.717, 1.165) is 11.1 Å². The summed E-state index contributed by atoms with van der Waals surface area (Å²) in [5.41, 5.74) is 11.0. The van der Waals surface area contributed by atoms with Crippen molar-refractivity contribution in [1.82, 2.24) is 14.6 Å². The summed E-state index contributed by atoms with van der Waals surface area (Å²) in [6, 6.07) is 22.1. The molecule has 7 nitrogen and oxygen atoms in total. The zero-order chi connectivity index (χ0) is 25.7. The van der Waals surface area contributed by atoms with Crippen molar-refractivity contribution in [3.63, 3.8) is 0 Å². The molecular weight excluding hydrogens is 470 g/mol. The van der Waals surface area contributed by atoms with E-state index in [1.165, 1.54) is 10.2 Å². The Labute approximate surface area is 210 Å². The van der Waals surface area contributed by atoms with Crippen LogP contribution in [0.3, 0.4) is 0 Å². The van der Waals surface area contributed by atoms with Crippen molar-refractivity contribution < 1.29 is 8.42 Å². The van der Waals surface area contributed by atoms with Crippen LogP contribution >= 0.6 is 0 Å². The third-order valence-electron chi connectivity index (χ3n) is 6.10. The van der Waals surface area contributed by atoms with Crippen molar-refractivity contribution in [3.05, 3.63) is 89.5 Å². The number of benzene rings is 3. The van der Waals surface area contributed by atoms with Gasteiger partial charge in [0.25, 0.3) is 0 Å². The summed E-state index contributed by atoms with van der Waals surface area (Å²) < 4.78 is 28.9. The van der Waals surface area contributed by atoms with Crippen LogP contribution in [0.4, 0.5) is 5.82 Å². The molecule has 0 unspecified atom stereocenters. The van der Waals surface area contributed by atoms with Gasteiger partial charge in [-0.2, -0.15) is 9.78 Å². The predicted octanol–water partition coefficient (Wildman–Crippen LogP) is 5.49. The number of nitrogens with two attached hydrogens (primary N) is 1. The number of hydrogen-bond acceptors (Lipinski definition) is 6. The number of rotatable bonds is 4. The van der Waals surface area contributed by atoms with Crippen LogP contribution in [-0.4, -0.2) is 29.3 Å². The van der Waals surface area contributed by atoms with Crippen LogP contribution in [-0.2, 0) is 15.3 Å². The summed E-state index contributed by atoms with van der Waals surface area (Å²) in [5, 5.41) is 4.55. The van der Waals surface area contributed by atoms with Gasteiger partial charge in [-0.3, -0.25) is 0 Å². The average molecular weight is 498 g/mol. The van der Waals surface area contributed by atoms with Gasteiger partial charge in [-0.15, -0.1) is 0 Å². The highest BCUT2D eigenvalue weighted by atomic mass is 32.2. The van der Waals surface area contributed by atoms with E-state index in [-0.39, 0.29) is 32.2 Å². The van der Waals surface area contributed by atoms with E-state index in [2.05, 4.69) is 48.0 Å². The molecule has 0 radical (unpaired) electrons. The molecule has 2 aromatic heterocycles. The zero-order valence-electron chi connectivity index (χ0n) is 20.6. The molecule has 0 atom stereocenters. The maximum Gasteiger partial charge on any atom is 0.212 e. The number of aromatic nitrogens is 3. The van der Waals surface area contributed by atoms with E-state index >= 15 is 0 Å². The fourth-order valence-corrected chi connectivity index (χ4v) is 5.69. The second-order valence-corrected chi connectivity index (χ2v) is 11.7. The maximum absolute atomic E-state index is 13.8. The lowest BCUT2D eigenvalue weighted by Crippen LogP contribution is -2.10. The fraction of sp³-hybridized carbons (Fsp3) is 0.179. The van der Waals surface area contributed by atoms with Gasteiger partial charge in [-0.1, -0.05) is 69.3 Å². The normalized spacial score (nSPS) is 12.7. The van der Waals surface area contributed by atoms with Gasteiger partial charge in [0.2, 0.25) is 9.84 Å². The molecule has 2 heterocycles. The van der Waals surface area contributed by atoms with Gasteiger partial charge in [0.05, 0.1) is 22.1 Å². The SMILES string of the molecule is Cc1cccc(S(=O)(=O)c2c(N)n(/N=C\c3ccc(C(C)(C)C)cc3)c3nc4ccccc4nc23)c1. The summed E-state index contributed by atoms with van der Waals surface area (Å²) in [5.74, 6) is -0.0376. The number of nitrogen functional groups attached to an aromatic ring is 1. The third-order valence-corrected chi connectivity index (χ3v) is 7.91. The molecule has 5 aromatic rings. The van der Waals surface area contributed by atoms with Gasteiger partial charge in [-0.25, -0.2) is 18.4 Å². The highest BCUT2D eigenvalue weighted by molar-refractivity contribution is 7.92. The van der Waals surface area contributed by atoms with Crippen molar-refractivity contribution in [3.8, 4) is 0 Å². The van der Waals surface area contributed by atoms with Gasteiger partial charge in [0, 0.05) is 0 Å². The van der Waals surface area contributed by atoms with Crippen LogP contribution < -0.4 is 5.73 Å². The molecule has 8 heteroatoms. The minimum absolute atomic E-state index is 0.0342. The molecule has 0 fully saturated rings. The topological polar surface area (TPSA) is 103 Å². The Bertz CT molecular complexity index is 1750. The van der Waals surface area contributed by atoms with Crippen LogP contribution in [0.2, 0.25) is 0 Å². The van der Waals surface area contributed by atoms with E-state index in [1.54, 1.807) is 30.5 Å². The second-order valence-electron chi connectivity index (χ2n) is 9.85. The number of sulfone groups is 1. The van der Waals surface area contributed by atoms with E-state index < -0.39 is 9.84 Å². The van der Waals surface area contributed by atoms with Crippen molar-refractivity contribution in [2.75, 3.05) is 5.73 Å². The van der Waals surface area contributed by atoms with Gasteiger partial charge < -0.3 is 5.73 Å². The highest BCUT2D eigenvalue weighted by Crippen LogP contribution is 2.35. The lowest BCUT2D eigenvalue weighted by molar-refractivity contribution is 0.590. The van der Waals surface area contributed by atoms with Crippen LogP contribution in [0, 0.1) is 6.92 Å². The van der Waals surface area contributed by atoms with Gasteiger partial charge in [0.1, 0.15) is 16.2 Å². The summed E-state index contributed by atoms with van der Waals surface area (Å²) in [7, 11) is -3.99. The smallest absolute Gasteiger partial charge is 0.212 e. The Hall–Kier alpha value is -4.04. The lowest BCUT2D eigenvalue weighted by Gasteiger charge is -2.18. The molecule has 0 bridgehead atoms. The quantitative estimate of drug-likeness (QED) is 0.331. The maximum atomic E-state index is 13.8. The second kappa shape index (κ2) is 8.57. The molecule has 0 saturated heterocycles. The predicted molar refractivity (Wildman–Crippen MR) is 144 cm³/mol. The molecule has 5 rings (SSSR count). The molecule has 0 saturated carbocycles. The largest absolute Gasteiger partial charge is 0.382 e. The Balaban J connectivity index is 1.72. The lowest BCUT2D eigenvalue weighted by atomic mass is 9.87. The van der Waals surface area contributed by atoms with Crippen LogP contribution in [0.5, 0.6) is 0 Å². The summed E-state index contributed by atoms with van der Waals surface area (Å²) in [6.07, 6.45) is 1.64. The fourth-order valence-electron chi connectivity index (χ4n) is 4.10. The van der Waals surface area contributed by atoms with E-state index in [0.29, 0.717) is 11.0 Å². The summed E-state index contributed by atoms with van der Waals surface area (Å²) in [4.78, 5) is 9.38. The average Bonchev–Trinajstić information content (AvgIpc) is 3.11. The van der Waals surface area contributed by atoms with Crippen molar-refractivity contribution in [2.45, 2.75) is 42.9 Å². The summed E-state index contributed by atoms with van der Waals surface area (Å²) >= 11 is 0. The van der Waals surface area contributed by atoms with Crippen molar-refractivity contribution >= 4 is 44.1 Å². The highest BCUT2D eigenvalue weighted by Gasteiger charge is 2.30. The van der Waals surface area contributed by atoms with Crippen LogP contribution in [0.1, 0.15) is 37.5 Å². The van der Waals surface area contributed by atoms with Crippen molar-refractivity contribution in [1.29, 1.82) is 0 Å². The number of hydrogen-bond donors (Lipinski definition) is 1. The Kier molecular flexibility index (Phi) is 5.64. The van der Waals surface area contributed by atoms with Gasteiger partial charge in [0.15, 0.2) is 5.65 Å². The first-order valence-corrected chi connectivity index (χ1v) is 13.1. The molecule has 36 heavy (non-hydrogen) atoms. The Morgan fingerprint density at radius 2 is 1.58 bits per heavy atom. The van der Waals surface area contributed by atoms with Crippen LogP contribution in [0.25, 0.3) is 22.2 Å². The van der Waals surface area contributed by atoms with Gasteiger partial charge >= 0.3 is 0 Å². The van der Waals surface area contributed by atoms with E-state index in [1.807, 2.05) is 43.3 Å². The first-order valence-electron chi connectivity index (χ1n) is 11.6. The standard InChI is InChI=1S/C28H27N5O2S/c1-18-8-7-9-21(16-18)36(34,35)25-24-27(32-23-11-6-5-10-22(23)31-24)33(26(25)29)30-17-19-12-14-20(15-13-19)28(2,3)4/h5-17H,29H2,1-4H3/b30-17-. The molecule has 0 amide bonds.